The molecule has 3 aromatic rings. The van der Waals surface area contributed by atoms with E-state index in [4.69, 9.17) is 0 Å². The first kappa shape index (κ1) is 11.4. The Balaban J connectivity index is 2.02. The molecule has 96 valence electrons. The average Bonchev–Trinajstić information content (AvgIpc) is 2.48. The number of hydrogen-bond acceptors (Lipinski definition) is 0. The maximum atomic E-state index is 2.32. The lowest BCUT2D eigenvalue weighted by molar-refractivity contribution is -0.711. The van der Waals surface area contributed by atoms with Crippen molar-refractivity contribution >= 4 is 0 Å². The van der Waals surface area contributed by atoms with Gasteiger partial charge < -0.3 is 0 Å². The number of pyridine rings is 2. The van der Waals surface area contributed by atoms with Gasteiger partial charge in [0.2, 0.25) is 0 Å². The molecule has 0 N–H and O–H groups in total. The molecule has 0 spiro atoms. The topological polar surface area (TPSA) is 7.76 Å². The van der Waals surface area contributed by atoms with E-state index in [1.165, 1.54) is 22.5 Å². The molecule has 0 radical (unpaired) electrons. The van der Waals surface area contributed by atoms with Gasteiger partial charge in [-0.15, -0.1) is 0 Å². The Kier molecular flexibility index (Phi) is 2.59. The van der Waals surface area contributed by atoms with Crippen molar-refractivity contribution in [1.29, 1.82) is 0 Å². The Morgan fingerprint density at radius 3 is 1.50 bits per heavy atom. The van der Waals surface area contributed by atoms with Crippen LogP contribution in [0.3, 0.4) is 0 Å². The van der Waals surface area contributed by atoms with E-state index in [1.54, 1.807) is 0 Å². The summed E-state index contributed by atoms with van der Waals surface area (Å²) in [7, 11) is 0. The van der Waals surface area contributed by atoms with Crippen LogP contribution >= 0.6 is 0 Å². The molecule has 0 fully saturated rings. The highest BCUT2D eigenvalue weighted by atomic mass is 15.0. The van der Waals surface area contributed by atoms with Crippen molar-refractivity contribution < 1.29 is 9.13 Å². The summed E-state index contributed by atoms with van der Waals surface area (Å²) in [6, 6.07) is 21.5. The van der Waals surface area contributed by atoms with E-state index < -0.39 is 0 Å². The first-order valence-electron chi connectivity index (χ1n) is 6.96. The van der Waals surface area contributed by atoms with Gasteiger partial charge in [-0.3, -0.25) is 0 Å². The van der Waals surface area contributed by atoms with Gasteiger partial charge in [0.1, 0.15) is 0 Å². The summed E-state index contributed by atoms with van der Waals surface area (Å²) in [5, 5.41) is 0. The van der Waals surface area contributed by atoms with Gasteiger partial charge >= 0.3 is 0 Å². The normalized spacial score (nSPS) is 12.6. The summed E-state index contributed by atoms with van der Waals surface area (Å²) < 4.78 is 4.65. The van der Waals surface area contributed by atoms with Crippen LogP contribution in [0, 0.1) is 0 Å². The van der Waals surface area contributed by atoms with Gasteiger partial charge in [0.05, 0.1) is 0 Å². The molecule has 2 nitrogen and oxygen atoms in total. The summed E-state index contributed by atoms with van der Waals surface area (Å²) in [4.78, 5) is 0. The molecule has 0 atom stereocenters. The zero-order chi connectivity index (χ0) is 13.4. The summed E-state index contributed by atoms with van der Waals surface area (Å²) in [6.45, 7) is 1.86. The van der Waals surface area contributed by atoms with Gasteiger partial charge in [-0.25, -0.2) is 0 Å². The molecule has 4 rings (SSSR count). The van der Waals surface area contributed by atoms with Crippen LogP contribution in [-0.2, 0) is 13.1 Å². The molecule has 0 saturated heterocycles. The molecule has 20 heavy (non-hydrogen) atoms. The van der Waals surface area contributed by atoms with Crippen molar-refractivity contribution in [3.05, 3.63) is 84.2 Å². The molecule has 1 aliphatic rings. The Bertz CT molecular complexity index is 711. The minimum atomic E-state index is 0.932. The molecule has 0 bridgehead atoms. The largest absolute Gasteiger partial charge is 0.277 e. The summed E-state index contributed by atoms with van der Waals surface area (Å²) in [5.41, 5.74) is 5.32. The van der Waals surface area contributed by atoms with E-state index in [1.807, 2.05) is 0 Å². The lowest BCUT2D eigenvalue weighted by Gasteiger charge is -2.11. The van der Waals surface area contributed by atoms with Crippen LogP contribution in [0.1, 0.15) is 11.1 Å². The molecule has 0 unspecified atom stereocenters. The monoisotopic (exact) mass is 260 g/mol. The highest BCUT2D eigenvalue weighted by Gasteiger charge is 2.26. The standard InChI is InChI=1S/C18H16N2/c1-2-8-16-14-20-12-6-4-10-18(20)17-9-3-5-11-19(17)13-15(16)7-1/h1-12H,13-14H2/q+2. The molecular formula is C18H16N2+2. The van der Waals surface area contributed by atoms with Gasteiger partial charge in [0.25, 0.3) is 11.4 Å². The highest BCUT2D eigenvalue weighted by molar-refractivity contribution is 5.46. The van der Waals surface area contributed by atoms with Crippen LogP contribution in [0.5, 0.6) is 0 Å². The lowest BCUT2D eigenvalue weighted by atomic mass is 10.0. The minimum absolute atomic E-state index is 0.932. The van der Waals surface area contributed by atoms with E-state index in [0.717, 1.165) is 13.1 Å². The average molecular weight is 260 g/mol. The maximum Gasteiger partial charge on any atom is 0.277 e. The first-order valence-corrected chi connectivity index (χ1v) is 6.96. The second-order valence-electron chi connectivity index (χ2n) is 5.20. The number of aromatic nitrogens is 2. The van der Waals surface area contributed by atoms with E-state index in [2.05, 4.69) is 82.2 Å². The second kappa shape index (κ2) is 4.57. The Morgan fingerprint density at radius 2 is 1.00 bits per heavy atom. The molecule has 0 aliphatic carbocycles. The quantitative estimate of drug-likeness (QED) is 0.429. The number of rotatable bonds is 0. The number of fused-ring (bicyclic) bond motifs is 4. The maximum absolute atomic E-state index is 2.32. The van der Waals surface area contributed by atoms with Crippen molar-refractivity contribution in [2.45, 2.75) is 13.1 Å². The smallest absolute Gasteiger partial charge is 0.189 e. The highest BCUT2D eigenvalue weighted by Crippen LogP contribution is 2.16. The number of hydrogen-bond donors (Lipinski definition) is 0. The third-order valence-electron chi connectivity index (χ3n) is 3.94. The molecule has 1 aromatic carbocycles. The lowest BCUT2D eigenvalue weighted by Crippen LogP contribution is -2.46. The molecule has 2 heteroatoms. The van der Waals surface area contributed by atoms with Gasteiger partial charge in [0, 0.05) is 35.4 Å². The van der Waals surface area contributed by atoms with Gasteiger partial charge in [-0.2, -0.15) is 9.13 Å². The number of benzene rings is 1. The molecule has 1 aliphatic heterocycles. The Labute approximate surface area is 118 Å². The van der Waals surface area contributed by atoms with Crippen LogP contribution < -0.4 is 9.13 Å². The molecule has 2 aromatic heterocycles. The van der Waals surface area contributed by atoms with Gasteiger partial charge in [-0.1, -0.05) is 24.3 Å². The van der Waals surface area contributed by atoms with Crippen molar-refractivity contribution in [2.75, 3.05) is 0 Å². The molecular weight excluding hydrogens is 244 g/mol. The first-order chi connectivity index (χ1) is 9.92. The summed E-state index contributed by atoms with van der Waals surface area (Å²) >= 11 is 0. The van der Waals surface area contributed by atoms with Gasteiger partial charge in [-0.05, 0) is 12.1 Å². The summed E-state index contributed by atoms with van der Waals surface area (Å²) in [5.74, 6) is 0. The van der Waals surface area contributed by atoms with Crippen LogP contribution in [0.25, 0.3) is 11.4 Å². The predicted octanol–water partition coefficient (Wildman–Crippen LogP) is 2.34. The SMILES string of the molecule is c1ccc2c(c1)C[n+]1ccccc1-c1cccc[n+]1C2. The third-order valence-corrected chi connectivity index (χ3v) is 3.94. The molecule has 0 saturated carbocycles. The van der Waals surface area contributed by atoms with Crippen molar-refractivity contribution in [3.63, 3.8) is 0 Å². The fraction of sp³-hybridized carbons (Fsp3) is 0.111. The van der Waals surface area contributed by atoms with E-state index >= 15 is 0 Å². The van der Waals surface area contributed by atoms with Crippen LogP contribution in [0.2, 0.25) is 0 Å². The van der Waals surface area contributed by atoms with Gasteiger partial charge in [0.15, 0.2) is 25.5 Å². The van der Waals surface area contributed by atoms with Crippen LogP contribution in [0.4, 0.5) is 0 Å². The fourth-order valence-corrected chi connectivity index (χ4v) is 2.93. The summed E-state index contributed by atoms with van der Waals surface area (Å²) in [6.07, 6.45) is 4.32. The zero-order valence-corrected chi connectivity index (χ0v) is 11.2. The van der Waals surface area contributed by atoms with E-state index in [-0.39, 0.29) is 0 Å². The third kappa shape index (κ3) is 1.81. The zero-order valence-electron chi connectivity index (χ0n) is 11.2. The molecule has 3 heterocycles. The Hall–Kier alpha value is -2.48. The predicted molar refractivity (Wildman–Crippen MR) is 76.9 cm³/mol. The fourth-order valence-electron chi connectivity index (χ4n) is 2.93. The van der Waals surface area contributed by atoms with Crippen molar-refractivity contribution in [2.24, 2.45) is 0 Å². The van der Waals surface area contributed by atoms with Crippen LogP contribution in [0.15, 0.2) is 73.1 Å². The molecule has 0 amide bonds. The van der Waals surface area contributed by atoms with E-state index in [9.17, 15) is 0 Å². The van der Waals surface area contributed by atoms with Crippen molar-refractivity contribution in [3.8, 4) is 11.4 Å². The second-order valence-corrected chi connectivity index (χ2v) is 5.20. The Morgan fingerprint density at radius 1 is 0.550 bits per heavy atom. The number of nitrogens with zero attached hydrogens (tertiary/aromatic N) is 2. The van der Waals surface area contributed by atoms with Crippen molar-refractivity contribution in [1.82, 2.24) is 0 Å². The van der Waals surface area contributed by atoms with E-state index in [0.29, 0.717) is 0 Å². The minimum Gasteiger partial charge on any atom is -0.189 e. The van der Waals surface area contributed by atoms with Crippen LogP contribution in [-0.4, -0.2) is 0 Å².